The number of pyridine rings is 1. The molecule has 0 amide bonds. The molecule has 2 rings (SSSR count). The monoisotopic (exact) mass is 254 g/mol. The van der Waals surface area contributed by atoms with Gasteiger partial charge in [-0.15, -0.1) is 5.10 Å². The van der Waals surface area contributed by atoms with Crippen LogP contribution in [0.5, 0.6) is 0 Å². The summed E-state index contributed by atoms with van der Waals surface area (Å²) >= 11 is 7.47. The molecule has 1 atom stereocenters. The van der Waals surface area contributed by atoms with E-state index in [2.05, 4.69) is 19.9 Å². The number of hydrogen-bond acceptors (Lipinski definition) is 5. The summed E-state index contributed by atoms with van der Waals surface area (Å²) in [6.45, 7) is 0. The fourth-order valence-electron chi connectivity index (χ4n) is 1.46. The van der Waals surface area contributed by atoms with E-state index in [9.17, 15) is 0 Å². The number of nitrogens with zero attached hydrogens (tertiary/aromatic N) is 3. The Morgan fingerprint density at radius 3 is 3.00 bits per heavy atom. The molecule has 2 aromatic rings. The van der Waals surface area contributed by atoms with Gasteiger partial charge in [0, 0.05) is 18.4 Å². The van der Waals surface area contributed by atoms with Gasteiger partial charge in [-0.25, -0.2) is 0 Å². The van der Waals surface area contributed by atoms with Crippen molar-refractivity contribution < 1.29 is 0 Å². The van der Waals surface area contributed by atoms with Crippen molar-refractivity contribution >= 4 is 23.1 Å². The fraction of sp³-hybridized carbons (Fsp3) is 0.300. The second-order valence-electron chi connectivity index (χ2n) is 3.33. The van der Waals surface area contributed by atoms with Crippen LogP contribution in [-0.4, -0.2) is 21.6 Å². The van der Waals surface area contributed by atoms with Crippen LogP contribution >= 0.6 is 23.1 Å². The summed E-state index contributed by atoms with van der Waals surface area (Å²) in [5.74, 6) is 0. The Morgan fingerprint density at radius 1 is 1.50 bits per heavy atom. The molecule has 0 spiro atoms. The molecule has 0 aliphatic rings. The van der Waals surface area contributed by atoms with Gasteiger partial charge in [0.05, 0.1) is 16.1 Å². The molecule has 1 N–H and O–H groups in total. The number of likely N-dealkylation sites (N-methyl/N-ethyl adjacent to an activating group) is 1. The zero-order chi connectivity index (χ0) is 11.4. The van der Waals surface area contributed by atoms with Crippen LogP contribution in [0.4, 0.5) is 0 Å². The van der Waals surface area contributed by atoms with Gasteiger partial charge in [-0.1, -0.05) is 16.1 Å². The Kier molecular flexibility index (Phi) is 3.82. The largest absolute Gasteiger partial charge is 0.312 e. The fourth-order valence-corrected chi connectivity index (χ4v) is 2.27. The van der Waals surface area contributed by atoms with Crippen molar-refractivity contribution in [2.45, 2.75) is 12.5 Å². The third kappa shape index (κ3) is 2.55. The molecular weight excluding hydrogens is 244 g/mol. The molecule has 0 fully saturated rings. The lowest BCUT2D eigenvalue weighted by atomic mass is 10.1. The van der Waals surface area contributed by atoms with Crippen molar-refractivity contribution in [3.05, 3.63) is 40.1 Å². The third-order valence-corrected chi connectivity index (χ3v) is 3.47. The van der Waals surface area contributed by atoms with E-state index in [0.717, 1.165) is 16.9 Å². The van der Waals surface area contributed by atoms with Gasteiger partial charge >= 0.3 is 0 Å². The molecule has 0 saturated carbocycles. The summed E-state index contributed by atoms with van der Waals surface area (Å²) in [6.07, 6.45) is 6.00. The van der Waals surface area contributed by atoms with Crippen LogP contribution in [0.2, 0.25) is 5.02 Å². The minimum absolute atomic E-state index is 0.194. The molecule has 0 aliphatic carbocycles. The minimum Gasteiger partial charge on any atom is -0.312 e. The second kappa shape index (κ2) is 5.34. The van der Waals surface area contributed by atoms with E-state index in [1.54, 1.807) is 18.6 Å². The van der Waals surface area contributed by atoms with Crippen LogP contribution in [-0.2, 0) is 6.42 Å². The topological polar surface area (TPSA) is 50.7 Å². The smallest absolute Gasteiger partial charge is 0.0669 e. The van der Waals surface area contributed by atoms with Gasteiger partial charge in [0.1, 0.15) is 0 Å². The highest BCUT2D eigenvalue weighted by molar-refractivity contribution is 7.05. The van der Waals surface area contributed by atoms with Crippen molar-refractivity contribution in [2.75, 3.05) is 7.05 Å². The molecule has 6 heteroatoms. The molecule has 4 nitrogen and oxygen atoms in total. The highest BCUT2D eigenvalue weighted by atomic mass is 35.5. The first-order valence-corrected chi connectivity index (χ1v) is 5.99. The number of rotatable bonds is 4. The van der Waals surface area contributed by atoms with Crippen molar-refractivity contribution in [1.29, 1.82) is 0 Å². The highest BCUT2D eigenvalue weighted by Gasteiger charge is 2.14. The number of aromatic nitrogens is 3. The number of halogens is 1. The van der Waals surface area contributed by atoms with E-state index in [-0.39, 0.29) is 6.04 Å². The van der Waals surface area contributed by atoms with Gasteiger partial charge < -0.3 is 5.32 Å². The zero-order valence-electron chi connectivity index (χ0n) is 8.72. The van der Waals surface area contributed by atoms with Gasteiger partial charge in [0.15, 0.2) is 0 Å². The summed E-state index contributed by atoms with van der Waals surface area (Å²) < 4.78 is 3.86. The van der Waals surface area contributed by atoms with Crippen LogP contribution in [0.3, 0.4) is 0 Å². The first-order chi connectivity index (χ1) is 7.81. The highest BCUT2D eigenvalue weighted by Crippen LogP contribution is 2.23. The van der Waals surface area contributed by atoms with Crippen molar-refractivity contribution in [2.24, 2.45) is 0 Å². The molecule has 2 heterocycles. The Labute approximate surface area is 103 Å². The van der Waals surface area contributed by atoms with Gasteiger partial charge in [-0.05, 0) is 36.6 Å². The first-order valence-electron chi connectivity index (χ1n) is 4.84. The van der Waals surface area contributed by atoms with E-state index in [1.807, 2.05) is 13.1 Å². The maximum atomic E-state index is 6.07. The van der Waals surface area contributed by atoms with Gasteiger partial charge in [-0.2, -0.15) is 0 Å². The van der Waals surface area contributed by atoms with E-state index >= 15 is 0 Å². The van der Waals surface area contributed by atoms with Crippen molar-refractivity contribution in [3.8, 4) is 0 Å². The molecule has 0 bridgehead atoms. The number of hydrogen-bond donors (Lipinski definition) is 1. The third-order valence-electron chi connectivity index (χ3n) is 2.35. The first kappa shape index (κ1) is 11.4. The maximum absolute atomic E-state index is 6.07. The maximum Gasteiger partial charge on any atom is 0.0669 e. The van der Waals surface area contributed by atoms with Crippen LogP contribution in [0.25, 0.3) is 0 Å². The van der Waals surface area contributed by atoms with Gasteiger partial charge in [-0.3, -0.25) is 4.98 Å². The number of nitrogens with one attached hydrogen (secondary N) is 1. The standard InChI is InChI=1S/C10H11ClN4S/c1-12-9(10-6-14-15-16-10)4-7-2-3-13-5-8(7)11/h2-3,5-6,9,12H,4H2,1H3. The summed E-state index contributed by atoms with van der Waals surface area (Å²) in [5.41, 5.74) is 1.07. The Bertz CT molecular complexity index is 446. The van der Waals surface area contributed by atoms with E-state index < -0.39 is 0 Å². The van der Waals surface area contributed by atoms with Gasteiger partial charge in [0.25, 0.3) is 0 Å². The average Bonchev–Trinajstić information content (AvgIpc) is 2.81. The molecule has 2 aromatic heterocycles. The molecule has 0 saturated heterocycles. The zero-order valence-corrected chi connectivity index (χ0v) is 10.3. The molecule has 84 valence electrons. The minimum atomic E-state index is 0.194. The predicted molar refractivity (Wildman–Crippen MR) is 64.7 cm³/mol. The van der Waals surface area contributed by atoms with E-state index in [1.165, 1.54) is 11.5 Å². The Morgan fingerprint density at radius 2 is 2.38 bits per heavy atom. The Hall–Kier alpha value is -1.04. The summed E-state index contributed by atoms with van der Waals surface area (Å²) in [4.78, 5) is 5.07. The second-order valence-corrected chi connectivity index (χ2v) is 4.56. The van der Waals surface area contributed by atoms with Crippen molar-refractivity contribution in [1.82, 2.24) is 19.9 Å². The lowest BCUT2D eigenvalue weighted by Crippen LogP contribution is -2.17. The average molecular weight is 255 g/mol. The Balaban J connectivity index is 2.17. The normalized spacial score (nSPS) is 12.6. The lowest BCUT2D eigenvalue weighted by Gasteiger charge is -2.13. The summed E-state index contributed by atoms with van der Waals surface area (Å²) in [6, 6.07) is 2.13. The van der Waals surface area contributed by atoms with E-state index in [4.69, 9.17) is 11.6 Å². The van der Waals surface area contributed by atoms with Crippen LogP contribution in [0, 0.1) is 0 Å². The molecule has 1 unspecified atom stereocenters. The molecule has 16 heavy (non-hydrogen) atoms. The predicted octanol–water partition coefficient (Wildman–Crippen LogP) is 2.09. The van der Waals surface area contributed by atoms with Crippen LogP contribution in [0.1, 0.15) is 16.5 Å². The molecule has 0 aliphatic heterocycles. The van der Waals surface area contributed by atoms with E-state index in [0.29, 0.717) is 5.02 Å². The lowest BCUT2D eigenvalue weighted by molar-refractivity contribution is 0.601. The summed E-state index contributed by atoms with van der Waals surface area (Å²) in [7, 11) is 1.92. The molecular formula is C10H11ClN4S. The SMILES string of the molecule is CNC(Cc1ccncc1Cl)c1cnns1. The van der Waals surface area contributed by atoms with Crippen molar-refractivity contribution in [3.63, 3.8) is 0 Å². The quantitative estimate of drug-likeness (QED) is 0.908. The van der Waals surface area contributed by atoms with Gasteiger partial charge in [0.2, 0.25) is 0 Å². The molecule has 0 radical (unpaired) electrons. The van der Waals surface area contributed by atoms with Crippen LogP contribution < -0.4 is 5.32 Å². The summed E-state index contributed by atoms with van der Waals surface area (Å²) in [5, 5.41) is 7.76. The van der Waals surface area contributed by atoms with Crippen LogP contribution in [0.15, 0.2) is 24.7 Å². The molecule has 0 aromatic carbocycles.